The molecule has 0 saturated carbocycles. The molecular weight excluding hydrogens is 332 g/mol. The molecule has 0 fully saturated rings. The van der Waals surface area contributed by atoms with Gasteiger partial charge in [0.25, 0.3) is 11.8 Å². The number of rotatable bonds is 6. The van der Waals surface area contributed by atoms with Gasteiger partial charge in [0.2, 0.25) is 0 Å². The monoisotopic (exact) mass is 354 g/mol. The van der Waals surface area contributed by atoms with Crippen molar-refractivity contribution in [2.75, 3.05) is 25.5 Å². The summed E-state index contributed by atoms with van der Waals surface area (Å²) in [7, 11) is 1.31. The Hall–Kier alpha value is -3.15. The summed E-state index contributed by atoms with van der Waals surface area (Å²) in [5.41, 5.74) is 1.81. The van der Waals surface area contributed by atoms with Crippen LogP contribution in [0.5, 0.6) is 0 Å². The second-order valence-corrected chi connectivity index (χ2v) is 5.58. The number of methoxy groups -OCH3 is 1. The van der Waals surface area contributed by atoms with Gasteiger partial charge in [-0.05, 0) is 56.3 Å². The fraction of sp³-hybridized carbons (Fsp3) is 0.250. The first-order chi connectivity index (χ1) is 12.5. The highest BCUT2D eigenvalue weighted by molar-refractivity contribution is 6.06. The summed E-state index contributed by atoms with van der Waals surface area (Å²) in [5, 5.41) is 2.75. The molecule has 2 aromatic carbocycles. The van der Waals surface area contributed by atoms with Crippen LogP contribution < -0.4 is 5.32 Å². The molecule has 6 nitrogen and oxygen atoms in total. The first-order valence-corrected chi connectivity index (χ1v) is 8.39. The van der Waals surface area contributed by atoms with Crippen LogP contribution in [-0.2, 0) is 4.74 Å². The molecular formula is C20H22N2O4. The van der Waals surface area contributed by atoms with Gasteiger partial charge in [0.15, 0.2) is 0 Å². The smallest absolute Gasteiger partial charge is 0.337 e. The molecule has 0 aliphatic heterocycles. The van der Waals surface area contributed by atoms with E-state index in [-0.39, 0.29) is 11.8 Å². The van der Waals surface area contributed by atoms with Crippen molar-refractivity contribution in [2.24, 2.45) is 0 Å². The topological polar surface area (TPSA) is 75.7 Å². The molecule has 0 aliphatic carbocycles. The van der Waals surface area contributed by atoms with Gasteiger partial charge in [0.05, 0.1) is 12.7 Å². The fourth-order valence-electron chi connectivity index (χ4n) is 2.50. The van der Waals surface area contributed by atoms with Gasteiger partial charge < -0.3 is 15.0 Å². The van der Waals surface area contributed by atoms with Crippen molar-refractivity contribution in [1.29, 1.82) is 0 Å². The van der Waals surface area contributed by atoms with Crippen molar-refractivity contribution >= 4 is 23.5 Å². The highest BCUT2D eigenvalue weighted by atomic mass is 16.5. The maximum absolute atomic E-state index is 12.4. The summed E-state index contributed by atoms with van der Waals surface area (Å²) >= 11 is 0. The van der Waals surface area contributed by atoms with Crippen LogP contribution in [-0.4, -0.2) is 42.9 Å². The number of hydrogen-bond acceptors (Lipinski definition) is 4. The van der Waals surface area contributed by atoms with Gasteiger partial charge in [-0.2, -0.15) is 0 Å². The molecule has 0 bridgehead atoms. The second kappa shape index (κ2) is 8.80. The van der Waals surface area contributed by atoms with Crippen molar-refractivity contribution in [3.05, 3.63) is 65.2 Å². The Balaban J connectivity index is 2.14. The van der Waals surface area contributed by atoms with Gasteiger partial charge in [-0.15, -0.1) is 0 Å². The van der Waals surface area contributed by atoms with Gasteiger partial charge in [0, 0.05) is 29.9 Å². The van der Waals surface area contributed by atoms with Crippen LogP contribution in [0, 0.1) is 0 Å². The van der Waals surface area contributed by atoms with Crippen molar-refractivity contribution in [3.63, 3.8) is 0 Å². The predicted octanol–water partition coefficient (Wildman–Crippen LogP) is 3.21. The normalized spacial score (nSPS) is 10.1. The van der Waals surface area contributed by atoms with E-state index in [0.29, 0.717) is 35.5 Å². The molecule has 2 amide bonds. The number of nitrogens with one attached hydrogen (secondary N) is 1. The fourth-order valence-corrected chi connectivity index (χ4v) is 2.50. The number of amides is 2. The van der Waals surface area contributed by atoms with Gasteiger partial charge in [-0.3, -0.25) is 9.59 Å². The zero-order valence-electron chi connectivity index (χ0n) is 15.1. The van der Waals surface area contributed by atoms with Crippen LogP contribution in [0.4, 0.5) is 5.69 Å². The van der Waals surface area contributed by atoms with Crippen molar-refractivity contribution in [1.82, 2.24) is 4.90 Å². The van der Waals surface area contributed by atoms with Crippen LogP contribution in [0.25, 0.3) is 0 Å². The first-order valence-electron chi connectivity index (χ1n) is 8.39. The van der Waals surface area contributed by atoms with E-state index in [9.17, 15) is 14.4 Å². The van der Waals surface area contributed by atoms with Crippen LogP contribution in [0.2, 0.25) is 0 Å². The quantitative estimate of drug-likeness (QED) is 0.808. The van der Waals surface area contributed by atoms with Gasteiger partial charge in [-0.1, -0.05) is 6.07 Å². The van der Waals surface area contributed by atoms with Crippen molar-refractivity contribution in [2.45, 2.75) is 13.8 Å². The number of hydrogen-bond donors (Lipinski definition) is 1. The van der Waals surface area contributed by atoms with Crippen LogP contribution in [0.1, 0.15) is 44.9 Å². The molecule has 0 spiro atoms. The molecule has 0 heterocycles. The standard InChI is InChI=1S/C20H22N2O4/c1-4-22(5-2)19(24)16-8-6-7-15(13-16)18(23)21-17-11-9-14(10-12-17)20(25)26-3/h6-13H,4-5H2,1-3H3,(H,21,23). The number of carbonyl (C=O) groups is 3. The van der Waals surface area contributed by atoms with Crippen LogP contribution >= 0.6 is 0 Å². The summed E-state index contributed by atoms with van der Waals surface area (Å²) in [5.74, 6) is -0.873. The SMILES string of the molecule is CCN(CC)C(=O)c1cccc(C(=O)Nc2ccc(C(=O)OC)cc2)c1. The van der Waals surface area contributed by atoms with E-state index in [2.05, 4.69) is 10.1 Å². The van der Waals surface area contributed by atoms with Gasteiger partial charge >= 0.3 is 5.97 Å². The minimum Gasteiger partial charge on any atom is -0.465 e. The summed E-state index contributed by atoms with van der Waals surface area (Å²) in [4.78, 5) is 38.0. The molecule has 0 atom stereocenters. The van der Waals surface area contributed by atoms with Crippen molar-refractivity contribution in [3.8, 4) is 0 Å². The number of benzene rings is 2. The highest BCUT2D eigenvalue weighted by Crippen LogP contribution is 2.14. The largest absolute Gasteiger partial charge is 0.465 e. The number of nitrogens with zero attached hydrogens (tertiary/aromatic N) is 1. The average molecular weight is 354 g/mol. The van der Waals surface area contributed by atoms with Crippen LogP contribution in [0.3, 0.4) is 0 Å². The summed E-state index contributed by atoms with van der Waals surface area (Å²) in [6.45, 7) is 5.04. The third-order valence-corrected chi connectivity index (χ3v) is 3.99. The van der Waals surface area contributed by atoms with Gasteiger partial charge in [-0.25, -0.2) is 4.79 Å². The lowest BCUT2D eigenvalue weighted by atomic mass is 10.1. The molecule has 0 saturated heterocycles. The molecule has 0 aliphatic rings. The van der Waals surface area contributed by atoms with E-state index in [4.69, 9.17) is 0 Å². The molecule has 6 heteroatoms. The molecule has 0 unspecified atom stereocenters. The summed E-state index contributed by atoms with van der Waals surface area (Å²) in [6, 6.07) is 13.0. The molecule has 136 valence electrons. The van der Waals surface area contributed by atoms with Crippen molar-refractivity contribution < 1.29 is 19.1 Å². The van der Waals surface area contributed by atoms with E-state index < -0.39 is 5.97 Å². The Kier molecular flexibility index (Phi) is 6.49. The Bertz CT molecular complexity index is 796. The Labute approximate surface area is 152 Å². The lowest BCUT2D eigenvalue weighted by Crippen LogP contribution is -2.30. The number of carbonyl (C=O) groups excluding carboxylic acids is 3. The third-order valence-electron chi connectivity index (χ3n) is 3.99. The maximum Gasteiger partial charge on any atom is 0.337 e. The molecule has 26 heavy (non-hydrogen) atoms. The van der Waals surface area contributed by atoms with E-state index >= 15 is 0 Å². The third kappa shape index (κ3) is 4.47. The molecule has 0 aromatic heterocycles. The molecule has 0 radical (unpaired) electrons. The van der Waals surface area contributed by atoms with E-state index in [1.807, 2.05) is 13.8 Å². The molecule has 2 rings (SSSR count). The maximum atomic E-state index is 12.4. The number of esters is 1. The minimum absolute atomic E-state index is 0.105. The minimum atomic E-state index is -0.439. The highest BCUT2D eigenvalue weighted by Gasteiger charge is 2.15. The Morgan fingerprint density at radius 3 is 2.12 bits per heavy atom. The molecule has 1 N–H and O–H groups in total. The zero-order valence-corrected chi connectivity index (χ0v) is 15.1. The predicted molar refractivity (Wildman–Crippen MR) is 99.4 cm³/mol. The number of ether oxygens (including phenoxy) is 1. The Morgan fingerprint density at radius 2 is 1.54 bits per heavy atom. The van der Waals surface area contributed by atoms with E-state index in [1.54, 1.807) is 53.4 Å². The summed E-state index contributed by atoms with van der Waals surface area (Å²) < 4.78 is 4.64. The molecule has 2 aromatic rings. The lowest BCUT2D eigenvalue weighted by Gasteiger charge is -2.18. The zero-order chi connectivity index (χ0) is 19.1. The van der Waals surface area contributed by atoms with E-state index in [1.165, 1.54) is 7.11 Å². The first kappa shape index (κ1) is 19.2. The van der Waals surface area contributed by atoms with Gasteiger partial charge in [0.1, 0.15) is 0 Å². The lowest BCUT2D eigenvalue weighted by molar-refractivity contribution is 0.0600. The Morgan fingerprint density at radius 1 is 0.923 bits per heavy atom. The van der Waals surface area contributed by atoms with Crippen LogP contribution in [0.15, 0.2) is 48.5 Å². The summed E-state index contributed by atoms with van der Waals surface area (Å²) in [6.07, 6.45) is 0. The second-order valence-electron chi connectivity index (χ2n) is 5.58. The average Bonchev–Trinajstić information content (AvgIpc) is 2.68. The van der Waals surface area contributed by atoms with E-state index in [0.717, 1.165) is 0 Å². The number of anilines is 1.